The Balaban J connectivity index is 1.40. The molecular weight excluding hydrogens is 444 g/mol. The molecule has 5 rings (SSSR count). The highest BCUT2D eigenvalue weighted by Gasteiger charge is 2.21. The molecule has 0 aliphatic rings. The molecular formula is C26H22N6O3. The highest BCUT2D eigenvalue weighted by Crippen LogP contribution is 2.25. The lowest BCUT2D eigenvalue weighted by Crippen LogP contribution is -2.34. The summed E-state index contributed by atoms with van der Waals surface area (Å²) in [5, 5.41) is 17.7. The van der Waals surface area contributed by atoms with E-state index in [0.29, 0.717) is 17.9 Å². The summed E-state index contributed by atoms with van der Waals surface area (Å²) in [6.45, 7) is 0. The van der Waals surface area contributed by atoms with Gasteiger partial charge in [0.2, 0.25) is 0 Å². The lowest BCUT2D eigenvalue weighted by molar-refractivity contribution is -0.384. The van der Waals surface area contributed by atoms with Crippen LogP contribution in [0.15, 0.2) is 91.3 Å². The van der Waals surface area contributed by atoms with Crippen molar-refractivity contribution >= 4 is 28.3 Å². The zero-order valence-electron chi connectivity index (χ0n) is 18.6. The second-order valence-electron chi connectivity index (χ2n) is 8.07. The van der Waals surface area contributed by atoms with E-state index < -0.39 is 17.0 Å². The van der Waals surface area contributed by atoms with Gasteiger partial charge in [0.25, 0.3) is 5.69 Å². The number of carbonyl (C=O) groups excluding carboxylic acids is 1. The molecule has 35 heavy (non-hydrogen) atoms. The Labute approximate surface area is 200 Å². The predicted molar refractivity (Wildman–Crippen MR) is 134 cm³/mol. The highest BCUT2D eigenvalue weighted by molar-refractivity contribution is 5.90. The van der Waals surface area contributed by atoms with Gasteiger partial charge in [-0.05, 0) is 29.3 Å². The summed E-state index contributed by atoms with van der Waals surface area (Å²) in [4.78, 5) is 34.4. The first-order valence-electron chi connectivity index (χ1n) is 11.0. The van der Waals surface area contributed by atoms with Gasteiger partial charge in [-0.2, -0.15) is 0 Å². The lowest BCUT2D eigenvalue weighted by atomic mass is 10.0. The number of anilines is 1. The number of non-ortho nitro benzene ring substituents is 1. The zero-order valence-corrected chi connectivity index (χ0v) is 18.6. The van der Waals surface area contributed by atoms with Crippen LogP contribution in [0, 0.1) is 10.1 Å². The Morgan fingerprint density at radius 3 is 2.51 bits per heavy atom. The zero-order chi connectivity index (χ0) is 24.2. The molecule has 9 heteroatoms. The maximum atomic E-state index is 12.9. The maximum Gasteiger partial charge on any atom is 0.319 e. The molecule has 1 unspecified atom stereocenters. The largest absolute Gasteiger partial charge is 0.361 e. The second-order valence-corrected chi connectivity index (χ2v) is 8.07. The average molecular weight is 467 g/mol. The molecule has 5 aromatic rings. The van der Waals surface area contributed by atoms with Crippen LogP contribution in [0.1, 0.15) is 17.4 Å². The van der Waals surface area contributed by atoms with Crippen molar-refractivity contribution in [2.24, 2.45) is 0 Å². The molecule has 0 fully saturated rings. The first-order chi connectivity index (χ1) is 17.1. The van der Waals surface area contributed by atoms with Gasteiger partial charge in [-0.1, -0.05) is 48.5 Å². The number of aromatic amines is 2. The number of rotatable bonds is 7. The molecule has 2 aromatic heterocycles. The van der Waals surface area contributed by atoms with Gasteiger partial charge in [-0.3, -0.25) is 10.1 Å². The number of nitro groups is 1. The minimum absolute atomic E-state index is 0.0443. The third-order valence-corrected chi connectivity index (χ3v) is 5.75. The van der Waals surface area contributed by atoms with Crippen molar-refractivity contribution in [2.75, 3.05) is 5.32 Å². The van der Waals surface area contributed by atoms with Gasteiger partial charge in [0.1, 0.15) is 5.82 Å². The summed E-state index contributed by atoms with van der Waals surface area (Å²) in [5.41, 5.74) is 4.30. The number of amides is 2. The Bertz CT molecular complexity index is 1470. The third kappa shape index (κ3) is 4.88. The Kier molecular flexibility index (Phi) is 5.96. The summed E-state index contributed by atoms with van der Waals surface area (Å²) in [6, 6.07) is 22.6. The quantitative estimate of drug-likeness (QED) is 0.184. The number of nitro benzene ring substituents is 1. The summed E-state index contributed by atoms with van der Waals surface area (Å²) in [7, 11) is 0. The summed E-state index contributed by atoms with van der Waals surface area (Å²) in [5.74, 6) is 0.619. The molecule has 0 radical (unpaired) electrons. The van der Waals surface area contributed by atoms with Gasteiger partial charge in [0.15, 0.2) is 0 Å². The first kappa shape index (κ1) is 21.9. The molecule has 1 atom stereocenters. The van der Waals surface area contributed by atoms with E-state index >= 15 is 0 Å². The van der Waals surface area contributed by atoms with Crippen LogP contribution in [0.2, 0.25) is 0 Å². The third-order valence-electron chi connectivity index (χ3n) is 5.75. The van der Waals surface area contributed by atoms with Gasteiger partial charge in [-0.15, -0.1) is 0 Å². The number of para-hydroxylation sites is 1. The van der Waals surface area contributed by atoms with E-state index in [-0.39, 0.29) is 5.69 Å². The number of hydrogen-bond acceptors (Lipinski definition) is 4. The van der Waals surface area contributed by atoms with Crippen molar-refractivity contribution < 1.29 is 9.72 Å². The Morgan fingerprint density at radius 2 is 1.74 bits per heavy atom. The van der Waals surface area contributed by atoms with E-state index in [4.69, 9.17) is 0 Å². The van der Waals surface area contributed by atoms with Crippen LogP contribution in [0.25, 0.3) is 22.2 Å². The Hall–Kier alpha value is -4.92. The number of hydrogen-bond donors (Lipinski definition) is 4. The number of aromatic nitrogens is 3. The highest BCUT2D eigenvalue weighted by atomic mass is 16.6. The monoisotopic (exact) mass is 466 g/mol. The molecule has 174 valence electrons. The molecule has 0 spiro atoms. The molecule has 9 nitrogen and oxygen atoms in total. The number of H-pyrrole nitrogens is 2. The van der Waals surface area contributed by atoms with Crippen molar-refractivity contribution in [3.63, 3.8) is 0 Å². The fourth-order valence-electron chi connectivity index (χ4n) is 4.01. The molecule has 0 saturated carbocycles. The van der Waals surface area contributed by atoms with Gasteiger partial charge in [-0.25, -0.2) is 9.78 Å². The number of urea groups is 1. The van der Waals surface area contributed by atoms with Crippen LogP contribution in [0.3, 0.4) is 0 Å². The molecule has 0 aliphatic heterocycles. The fraction of sp³-hybridized carbons (Fsp3) is 0.0769. The number of imidazole rings is 1. The maximum absolute atomic E-state index is 12.9. The number of nitrogens with one attached hydrogen (secondary N) is 4. The molecule has 0 aliphatic carbocycles. The number of benzene rings is 3. The van der Waals surface area contributed by atoms with Crippen LogP contribution < -0.4 is 10.6 Å². The number of fused-ring (bicyclic) bond motifs is 1. The fourth-order valence-corrected chi connectivity index (χ4v) is 4.01. The van der Waals surface area contributed by atoms with E-state index in [9.17, 15) is 14.9 Å². The van der Waals surface area contributed by atoms with Crippen LogP contribution in [-0.4, -0.2) is 25.9 Å². The van der Waals surface area contributed by atoms with E-state index in [1.807, 2.05) is 60.8 Å². The topological polar surface area (TPSA) is 129 Å². The second kappa shape index (κ2) is 9.52. The van der Waals surface area contributed by atoms with Crippen molar-refractivity contribution in [1.29, 1.82) is 0 Å². The smallest absolute Gasteiger partial charge is 0.319 e. The summed E-state index contributed by atoms with van der Waals surface area (Å²) in [6.07, 6.45) is 4.19. The SMILES string of the molecule is O=C(Nc1ccc([N+](=O)[O-])cc1)NC(Cc1c[nH]c2ccccc12)c1ncc(-c2ccccc2)[nH]1. The molecule has 3 aromatic carbocycles. The van der Waals surface area contributed by atoms with E-state index in [1.54, 1.807) is 6.20 Å². The normalized spacial score (nSPS) is 11.8. The molecule has 2 heterocycles. The minimum Gasteiger partial charge on any atom is -0.361 e. The standard InChI is InChI=1S/C26H22N6O3/c33-26(29-19-10-12-20(13-11-19)32(34)35)31-23(14-18-15-27-22-9-5-4-8-21(18)22)25-28-16-24(30-25)17-6-2-1-3-7-17/h1-13,15-16,23,27H,14H2,(H,28,30)(H2,29,31,33). The van der Waals surface area contributed by atoms with E-state index in [1.165, 1.54) is 24.3 Å². The van der Waals surface area contributed by atoms with Gasteiger partial charge < -0.3 is 20.6 Å². The molecule has 4 N–H and O–H groups in total. The van der Waals surface area contributed by atoms with Crippen LogP contribution >= 0.6 is 0 Å². The number of nitrogens with zero attached hydrogens (tertiary/aromatic N) is 2. The van der Waals surface area contributed by atoms with Crippen LogP contribution in [-0.2, 0) is 6.42 Å². The lowest BCUT2D eigenvalue weighted by Gasteiger charge is -2.17. The minimum atomic E-state index is -0.484. The Morgan fingerprint density at radius 1 is 1.00 bits per heavy atom. The molecule has 0 saturated heterocycles. The van der Waals surface area contributed by atoms with E-state index in [2.05, 4.69) is 25.6 Å². The number of carbonyl (C=O) groups is 1. The van der Waals surface area contributed by atoms with Crippen LogP contribution in [0.5, 0.6) is 0 Å². The average Bonchev–Trinajstić information content (AvgIpc) is 3.52. The van der Waals surface area contributed by atoms with Crippen molar-refractivity contribution in [1.82, 2.24) is 20.3 Å². The molecule has 2 amide bonds. The predicted octanol–water partition coefficient (Wildman–Crippen LogP) is 5.57. The van der Waals surface area contributed by atoms with Crippen molar-refractivity contribution in [3.05, 3.63) is 113 Å². The van der Waals surface area contributed by atoms with Gasteiger partial charge >= 0.3 is 6.03 Å². The summed E-state index contributed by atoms with van der Waals surface area (Å²) >= 11 is 0. The van der Waals surface area contributed by atoms with E-state index in [0.717, 1.165) is 27.7 Å². The molecule has 0 bridgehead atoms. The summed E-state index contributed by atoms with van der Waals surface area (Å²) < 4.78 is 0. The van der Waals surface area contributed by atoms with Gasteiger partial charge in [0, 0.05) is 41.3 Å². The van der Waals surface area contributed by atoms with Gasteiger partial charge in [0.05, 0.1) is 22.9 Å². The van der Waals surface area contributed by atoms with Crippen molar-refractivity contribution in [3.8, 4) is 11.3 Å². The first-order valence-corrected chi connectivity index (χ1v) is 11.0. The van der Waals surface area contributed by atoms with Crippen LogP contribution in [0.4, 0.5) is 16.2 Å². The van der Waals surface area contributed by atoms with Crippen molar-refractivity contribution in [2.45, 2.75) is 12.5 Å².